The second-order valence-electron chi connectivity index (χ2n) is 7.49. The zero-order chi connectivity index (χ0) is 16.8. The zero-order valence-electron chi connectivity index (χ0n) is 15.7. The molecule has 1 aromatic carbocycles. The Kier molecular flexibility index (Phi) is 10.6. The van der Waals surface area contributed by atoms with Crippen molar-refractivity contribution in [2.45, 2.75) is 32.2 Å². The molecule has 2 aliphatic heterocycles. The summed E-state index contributed by atoms with van der Waals surface area (Å²) in [4.78, 5) is 17.1. The lowest BCUT2D eigenvalue weighted by molar-refractivity contribution is -0.137. The van der Waals surface area contributed by atoms with Gasteiger partial charge in [-0.05, 0) is 50.8 Å². The molecule has 0 aliphatic carbocycles. The van der Waals surface area contributed by atoms with Gasteiger partial charge < -0.3 is 15.1 Å². The van der Waals surface area contributed by atoms with Crippen LogP contribution in [0.1, 0.15) is 31.2 Å². The van der Waals surface area contributed by atoms with E-state index in [9.17, 15) is 4.79 Å². The van der Waals surface area contributed by atoms with Gasteiger partial charge in [-0.3, -0.25) is 4.79 Å². The summed E-state index contributed by atoms with van der Waals surface area (Å²) in [5.41, 5.74) is 1.37. The summed E-state index contributed by atoms with van der Waals surface area (Å²) in [6.45, 7) is 5.96. The summed E-state index contributed by atoms with van der Waals surface area (Å²) in [5.74, 6) is 1.32. The van der Waals surface area contributed by atoms with Gasteiger partial charge in [0.2, 0.25) is 5.91 Å². The number of hydrogen-bond acceptors (Lipinski definition) is 3. The fourth-order valence-corrected chi connectivity index (χ4v) is 4.06. The molecular formula is C20H33Cl2N3O. The molecule has 148 valence electrons. The molecule has 1 N–H and O–H groups in total. The molecule has 4 nitrogen and oxygen atoms in total. The van der Waals surface area contributed by atoms with Crippen molar-refractivity contribution >= 4 is 30.7 Å². The maximum atomic E-state index is 12.6. The van der Waals surface area contributed by atoms with Crippen molar-refractivity contribution in [2.24, 2.45) is 11.8 Å². The first-order chi connectivity index (χ1) is 11.7. The molecule has 3 rings (SSSR count). The standard InChI is InChI=1S/C20H31N3O.2ClH/c1-22(15-17-6-3-2-4-7-17)16-18-9-12-23(13-10-18)20(24)19-8-5-11-21-14-19;;/h2-4,6-7,18-19,21H,5,8-16H2,1H3;2*1H. The number of benzene rings is 1. The molecule has 1 atom stereocenters. The first-order valence-electron chi connectivity index (χ1n) is 9.44. The molecule has 1 amide bonds. The number of carbonyl (C=O) groups is 1. The highest BCUT2D eigenvalue weighted by Gasteiger charge is 2.29. The molecule has 0 radical (unpaired) electrons. The second kappa shape index (κ2) is 11.8. The third-order valence-corrected chi connectivity index (χ3v) is 5.44. The van der Waals surface area contributed by atoms with Crippen LogP contribution in [0.4, 0.5) is 0 Å². The van der Waals surface area contributed by atoms with Crippen LogP contribution >= 0.6 is 24.8 Å². The molecule has 2 fully saturated rings. The Labute approximate surface area is 170 Å². The molecule has 0 saturated carbocycles. The Bertz CT molecular complexity index is 515. The van der Waals surface area contributed by atoms with Crippen molar-refractivity contribution in [3.8, 4) is 0 Å². The lowest BCUT2D eigenvalue weighted by Crippen LogP contribution is -2.47. The molecule has 6 heteroatoms. The fraction of sp³-hybridized carbons (Fsp3) is 0.650. The van der Waals surface area contributed by atoms with Crippen molar-refractivity contribution in [3.63, 3.8) is 0 Å². The van der Waals surface area contributed by atoms with E-state index in [1.807, 2.05) is 0 Å². The number of likely N-dealkylation sites (tertiary alicyclic amines) is 1. The van der Waals surface area contributed by atoms with E-state index in [1.54, 1.807) is 0 Å². The van der Waals surface area contributed by atoms with E-state index in [-0.39, 0.29) is 30.7 Å². The summed E-state index contributed by atoms with van der Waals surface area (Å²) < 4.78 is 0. The second-order valence-corrected chi connectivity index (χ2v) is 7.49. The third kappa shape index (κ3) is 6.73. The van der Waals surface area contributed by atoms with Crippen LogP contribution < -0.4 is 5.32 Å². The van der Waals surface area contributed by atoms with Crippen LogP contribution in [0.15, 0.2) is 30.3 Å². The average molecular weight is 402 g/mol. The highest BCUT2D eigenvalue weighted by atomic mass is 35.5. The number of amides is 1. The number of nitrogens with zero attached hydrogens (tertiary/aromatic N) is 2. The predicted molar refractivity (Wildman–Crippen MR) is 112 cm³/mol. The molecule has 0 aromatic heterocycles. The Morgan fingerprint density at radius 2 is 1.85 bits per heavy atom. The number of carbonyl (C=O) groups excluding carboxylic acids is 1. The molecule has 1 unspecified atom stereocenters. The lowest BCUT2D eigenvalue weighted by atomic mass is 9.93. The van der Waals surface area contributed by atoms with E-state index in [1.165, 1.54) is 5.56 Å². The van der Waals surface area contributed by atoms with Gasteiger partial charge in [0.25, 0.3) is 0 Å². The van der Waals surface area contributed by atoms with E-state index in [2.05, 4.69) is 52.5 Å². The highest BCUT2D eigenvalue weighted by molar-refractivity contribution is 5.85. The minimum atomic E-state index is 0. The van der Waals surface area contributed by atoms with Gasteiger partial charge in [0.05, 0.1) is 5.92 Å². The van der Waals surface area contributed by atoms with Gasteiger partial charge in [0.1, 0.15) is 0 Å². The molecule has 2 saturated heterocycles. The molecule has 0 spiro atoms. The van der Waals surface area contributed by atoms with E-state index in [4.69, 9.17) is 0 Å². The van der Waals surface area contributed by atoms with Gasteiger partial charge >= 0.3 is 0 Å². The zero-order valence-corrected chi connectivity index (χ0v) is 17.4. The van der Waals surface area contributed by atoms with Crippen LogP contribution in [0.25, 0.3) is 0 Å². The number of nitrogens with one attached hydrogen (secondary N) is 1. The Morgan fingerprint density at radius 3 is 2.46 bits per heavy atom. The largest absolute Gasteiger partial charge is 0.342 e. The molecular weight excluding hydrogens is 369 g/mol. The van der Waals surface area contributed by atoms with Gasteiger partial charge in [-0.15, -0.1) is 24.8 Å². The number of piperidine rings is 2. The summed E-state index contributed by atoms with van der Waals surface area (Å²) in [6.07, 6.45) is 4.48. The van der Waals surface area contributed by atoms with Crippen molar-refractivity contribution in [2.75, 3.05) is 39.8 Å². The molecule has 1 aromatic rings. The third-order valence-electron chi connectivity index (χ3n) is 5.44. The van der Waals surface area contributed by atoms with Crippen LogP contribution in [0.5, 0.6) is 0 Å². The lowest BCUT2D eigenvalue weighted by Gasteiger charge is -2.36. The summed E-state index contributed by atoms with van der Waals surface area (Å²) >= 11 is 0. The first-order valence-corrected chi connectivity index (χ1v) is 9.44. The molecule has 0 bridgehead atoms. The highest BCUT2D eigenvalue weighted by Crippen LogP contribution is 2.22. The summed E-state index contributed by atoms with van der Waals surface area (Å²) in [6, 6.07) is 10.7. The fourth-order valence-electron chi connectivity index (χ4n) is 4.06. The summed E-state index contributed by atoms with van der Waals surface area (Å²) in [7, 11) is 2.21. The van der Waals surface area contributed by atoms with Gasteiger partial charge in [0, 0.05) is 32.7 Å². The maximum Gasteiger partial charge on any atom is 0.226 e. The SMILES string of the molecule is CN(Cc1ccccc1)CC1CCN(C(=O)C2CCCNC2)CC1.Cl.Cl. The average Bonchev–Trinajstić information content (AvgIpc) is 2.63. The normalized spacial score (nSPS) is 21.0. The van der Waals surface area contributed by atoms with Gasteiger partial charge in [-0.2, -0.15) is 0 Å². The Balaban J connectivity index is 0.00000169. The van der Waals surface area contributed by atoms with Gasteiger partial charge in [-0.1, -0.05) is 30.3 Å². The van der Waals surface area contributed by atoms with E-state index in [0.717, 1.165) is 65.0 Å². The number of hydrogen-bond donors (Lipinski definition) is 1. The topological polar surface area (TPSA) is 35.6 Å². The van der Waals surface area contributed by atoms with Crippen LogP contribution in [0.3, 0.4) is 0 Å². The van der Waals surface area contributed by atoms with Crippen LogP contribution in [0, 0.1) is 11.8 Å². The molecule has 2 aliphatic rings. The monoisotopic (exact) mass is 401 g/mol. The van der Waals surface area contributed by atoms with Crippen molar-refractivity contribution in [3.05, 3.63) is 35.9 Å². The van der Waals surface area contributed by atoms with Crippen LogP contribution in [-0.4, -0.2) is 55.5 Å². The minimum Gasteiger partial charge on any atom is -0.342 e. The van der Waals surface area contributed by atoms with Gasteiger partial charge in [0.15, 0.2) is 0 Å². The van der Waals surface area contributed by atoms with E-state index in [0.29, 0.717) is 11.8 Å². The molecule has 26 heavy (non-hydrogen) atoms. The Morgan fingerprint density at radius 1 is 1.15 bits per heavy atom. The first kappa shape index (κ1) is 23.2. The van der Waals surface area contributed by atoms with Gasteiger partial charge in [-0.25, -0.2) is 0 Å². The number of halogens is 2. The smallest absolute Gasteiger partial charge is 0.226 e. The quantitative estimate of drug-likeness (QED) is 0.822. The summed E-state index contributed by atoms with van der Waals surface area (Å²) in [5, 5.41) is 3.36. The maximum absolute atomic E-state index is 12.6. The predicted octanol–water partition coefficient (Wildman–Crippen LogP) is 3.20. The van der Waals surface area contributed by atoms with Crippen molar-refractivity contribution in [1.29, 1.82) is 0 Å². The Hall–Kier alpha value is -0.810. The van der Waals surface area contributed by atoms with E-state index < -0.39 is 0 Å². The van der Waals surface area contributed by atoms with Crippen LogP contribution in [-0.2, 0) is 11.3 Å². The van der Waals surface area contributed by atoms with Crippen LogP contribution in [0.2, 0.25) is 0 Å². The number of rotatable bonds is 5. The molecule has 2 heterocycles. The minimum absolute atomic E-state index is 0. The van der Waals surface area contributed by atoms with Crippen molar-refractivity contribution in [1.82, 2.24) is 15.1 Å². The van der Waals surface area contributed by atoms with E-state index >= 15 is 0 Å². The van der Waals surface area contributed by atoms with Crippen molar-refractivity contribution < 1.29 is 4.79 Å².